The first-order valence-electron chi connectivity index (χ1n) is 8.46. The first kappa shape index (κ1) is 16.9. The molecule has 0 fully saturated rings. The molecule has 0 unspecified atom stereocenters. The van der Waals surface area contributed by atoms with E-state index >= 15 is 0 Å². The summed E-state index contributed by atoms with van der Waals surface area (Å²) < 4.78 is 0. The lowest BCUT2D eigenvalue weighted by Crippen LogP contribution is -2.14. The van der Waals surface area contributed by atoms with Gasteiger partial charge in [0.15, 0.2) is 0 Å². The predicted molar refractivity (Wildman–Crippen MR) is 89.4 cm³/mol. The van der Waals surface area contributed by atoms with Gasteiger partial charge < -0.3 is 4.90 Å². The van der Waals surface area contributed by atoms with Crippen LogP contribution in [-0.2, 0) is 0 Å². The molecule has 0 aromatic carbocycles. The Morgan fingerprint density at radius 3 is 1.79 bits per heavy atom. The minimum atomic E-state index is 1.18. The van der Waals surface area contributed by atoms with Crippen molar-refractivity contribution < 1.29 is 0 Å². The Bertz CT molecular complexity index is 215. The highest BCUT2D eigenvalue weighted by Gasteiger charge is 2.02. The number of unbranched alkanes of at least 4 members (excludes halogenated alkanes) is 11. The molecule has 1 heterocycles. The molecule has 0 aliphatic carbocycles. The van der Waals surface area contributed by atoms with E-state index in [1.54, 1.807) is 0 Å². The molecular formula is C17H33NS. The first-order chi connectivity index (χ1) is 9.43. The topological polar surface area (TPSA) is 3.24 Å². The lowest BCUT2D eigenvalue weighted by molar-refractivity contribution is 0.420. The van der Waals surface area contributed by atoms with E-state index in [2.05, 4.69) is 23.4 Å². The summed E-state index contributed by atoms with van der Waals surface area (Å²) in [5.41, 5.74) is 0. The zero-order valence-electron chi connectivity index (χ0n) is 12.9. The van der Waals surface area contributed by atoms with E-state index in [-0.39, 0.29) is 0 Å². The molecule has 0 bridgehead atoms. The molecule has 112 valence electrons. The summed E-state index contributed by atoms with van der Waals surface area (Å²) >= 11 is 1.91. The fourth-order valence-corrected chi connectivity index (χ4v) is 3.36. The van der Waals surface area contributed by atoms with Crippen molar-refractivity contribution in [2.45, 2.75) is 84.0 Å². The van der Waals surface area contributed by atoms with Gasteiger partial charge in [-0.15, -0.1) is 11.8 Å². The fourth-order valence-electron chi connectivity index (χ4n) is 2.61. The molecule has 1 nitrogen and oxygen atoms in total. The molecule has 0 radical (unpaired) electrons. The molecule has 0 spiro atoms. The Labute approximate surface area is 125 Å². The van der Waals surface area contributed by atoms with Gasteiger partial charge in [0.1, 0.15) is 0 Å². The molecular weight excluding hydrogens is 250 g/mol. The molecule has 0 amide bonds. The van der Waals surface area contributed by atoms with Crippen LogP contribution >= 0.6 is 11.8 Å². The molecule has 0 aromatic heterocycles. The summed E-state index contributed by atoms with van der Waals surface area (Å²) in [6.45, 7) is 3.56. The zero-order valence-corrected chi connectivity index (χ0v) is 13.7. The quantitative estimate of drug-likeness (QED) is 0.372. The van der Waals surface area contributed by atoms with Gasteiger partial charge in [0.2, 0.25) is 0 Å². The van der Waals surface area contributed by atoms with Gasteiger partial charge in [-0.2, -0.15) is 0 Å². The summed E-state index contributed by atoms with van der Waals surface area (Å²) in [4.78, 5) is 2.43. The summed E-state index contributed by atoms with van der Waals surface area (Å²) in [5.74, 6) is 1.18. The summed E-state index contributed by atoms with van der Waals surface area (Å²) in [6.07, 6.45) is 19.5. The van der Waals surface area contributed by atoms with Crippen LogP contribution in [0, 0.1) is 0 Å². The first-order valence-corrected chi connectivity index (χ1v) is 9.50. The highest BCUT2D eigenvalue weighted by molar-refractivity contribution is 8.02. The van der Waals surface area contributed by atoms with Gasteiger partial charge in [0.05, 0.1) is 5.88 Å². The van der Waals surface area contributed by atoms with Crippen molar-refractivity contribution in [3.05, 3.63) is 11.6 Å². The van der Waals surface area contributed by atoms with Gasteiger partial charge in [0, 0.05) is 12.7 Å². The summed E-state index contributed by atoms with van der Waals surface area (Å²) in [7, 11) is 0. The normalized spacial score (nSPS) is 14.5. The summed E-state index contributed by atoms with van der Waals surface area (Å²) in [6, 6.07) is 0. The SMILES string of the molecule is CCCCCCCCCCCCCCN1C=CSC1. The largest absolute Gasteiger partial charge is 0.367 e. The Kier molecular flexibility index (Phi) is 11.5. The highest BCUT2D eigenvalue weighted by Crippen LogP contribution is 2.16. The second kappa shape index (κ2) is 12.9. The van der Waals surface area contributed by atoms with E-state index in [1.165, 1.54) is 89.5 Å². The van der Waals surface area contributed by atoms with Crippen molar-refractivity contribution in [3.8, 4) is 0 Å². The highest BCUT2D eigenvalue weighted by atomic mass is 32.2. The Balaban J connectivity index is 1.68. The van der Waals surface area contributed by atoms with Crippen molar-refractivity contribution >= 4 is 11.8 Å². The molecule has 0 N–H and O–H groups in total. The van der Waals surface area contributed by atoms with Crippen LogP contribution in [0.4, 0.5) is 0 Å². The lowest BCUT2D eigenvalue weighted by Gasteiger charge is -2.13. The van der Waals surface area contributed by atoms with Crippen molar-refractivity contribution in [1.82, 2.24) is 4.90 Å². The molecule has 0 saturated carbocycles. The van der Waals surface area contributed by atoms with Gasteiger partial charge in [0.25, 0.3) is 0 Å². The van der Waals surface area contributed by atoms with Crippen LogP contribution in [0.2, 0.25) is 0 Å². The van der Waals surface area contributed by atoms with Gasteiger partial charge in [-0.3, -0.25) is 0 Å². The number of hydrogen-bond donors (Lipinski definition) is 0. The number of rotatable bonds is 13. The standard InChI is InChI=1S/C17H33NS/c1-2-3-4-5-6-7-8-9-10-11-12-13-14-18-15-16-19-17-18/h15-16H,2-14,17H2,1H3. The Hall–Kier alpha value is -0.110. The molecule has 0 atom stereocenters. The van der Waals surface area contributed by atoms with Crippen LogP contribution in [0.5, 0.6) is 0 Å². The van der Waals surface area contributed by atoms with Crippen LogP contribution < -0.4 is 0 Å². The average Bonchev–Trinajstić information content (AvgIpc) is 2.93. The third-order valence-corrected chi connectivity index (χ3v) is 4.70. The summed E-state index contributed by atoms with van der Waals surface area (Å²) in [5, 5.41) is 2.21. The van der Waals surface area contributed by atoms with Crippen LogP contribution in [0.25, 0.3) is 0 Å². The fraction of sp³-hybridized carbons (Fsp3) is 0.882. The maximum Gasteiger partial charge on any atom is 0.0675 e. The van der Waals surface area contributed by atoms with E-state index in [0.29, 0.717) is 0 Å². The predicted octanol–water partition coefficient (Wildman–Crippen LogP) is 6.17. The van der Waals surface area contributed by atoms with Crippen molar-refractivity contribution in [1.29, 1.82) is 0 Å². The third-order valence-electron chi connectivity index (χ3n) is 3.91. The maximum absolute atomic E-state index is 2.43. The van der Waals surface area contributed by atoms with Crippen molar-refractivity contribution in [3.63, 3.8) is 0 Å². The minimum Gasteiger partial charge on any atom is -0.367 e. The van der Waals surface area contributed by atoms with Crippen molar-refractivity contribution in [2.24, 2.45) is 0 Å². The average molecular weight is 284 g/mol. The molecule has 1 aliphatic rings. The number of hydrogen-bond acceptors (Lipinski definition) is 2. The van der Waals surface area contributed by atoms with E-state index in [0.717, 1.165) is 0 Å². The van der Waals surface area contributed by atoms with E-state index < -0.39 is 0 Å². The van der Waals surface area contributed by atoms with Gasteiger partial charge >= 0.3 is 0 Å². The van der Waals surface area contributed by atoms with Crippen LogP contribution in [0.1, 0.15) is 84.0 Å². The molecule has 2 heteroatoms. The molecule has 0 saturated heterocycles. The van der Waals surface area contributed by atoms with Crippen LogP contribution in [0.3, 0.4) is 0 Å². The van der Waals surface area contributed by atoms with Gasteiger partial charge in [-0.25, -0.2) is 0 Å². The number of thioether (sulfide) groups is 1. The van der Waals surface area contributed by atoms with Crippen molar-refractivity contribution in [2.75, 3.05) is 12.4 Å². The molecule has 0 aromatic rings. The van der Waals surface area contributed by atoms with E-state index in [4.69, 9.17) is 0 Å². The monoisotopic (exact) mass is 283 g/mol. The van der Waals surface area contributed by atoms with Gasteiger partial charge in [-0.1, -0.05) is 77.6 Å². The van der Waals surface area contributed by atoms with Gasteiger partial charge in [-0.05, 0) is 11.8 Å². The minimum absolute atomic E-state index is 1.18. The molecule has 1 aliphatic heterocycles. The van der Waals surface area contributed by atoms with E-state index in [9.17, 15) is 0 Å². The second-order valence-electron chi connectivity index (χ2n) is 5.78. The number of nitrogens with zero attached hydrogens (tertiary/aromatic N) is 1. The van der Waals surface area contributed by atoms with E-state index in [1.807, 2.05) is 11.8 Å². The maximum atomic E-state index is 2.43. The Morgan fingerprint density at radius 1 is 0.789 bits per heavy atom. The second-order valence-corrected chi connectivity index (χ2v) is 6.65. The van der Waals surface area contributed by atoms with Crippen LogP contribution in [0.15, 0.2) is 11.6 Å². The Morgan fingerprint density at radius 2 is 1.32 bits per heavy atom. The third kappa shape index (κ3) is 10.4. The van der Waals surface area contributed by atoms with Crippen LogP contribution in [-0.4, -0.2) is 17.3 Å². The lowest BCUT2D eigenvalue weighted by atomic mass is 10.1. The molecule has 1 rings (SSSR count). The zero-order chi connectivity index (χ0) is 13.6. The smallest absolute Gasteiger partial charge is 0.0675 e. The molecule has 19 heavy (non-hydrogen) atoms.